The van der Waals surface area contributed by atoms with E-state index in [4.69, 9.17) is 0 Å². The minimum Gasteiger partial charge on any atom is -0.427 e. The Bertz CT molecular complexity index is 1040. The van der Waals surface area contributed by atoms with E-state index in [-0.39, 0.29) is 12.7 Å². The second-order valence-corrected chi connectivity index (χ2v) is 8.22. The van der Waals surface area contributed by atoms with Gasteiger partial charge >= 0.3 is 53.6 Å². The third-order valence-electron chi connectivity index (χ3n) is 5.09. The van der Waals surface area contributed by atoms with Gasteiger partial charge in [-0.25, -0.2) is 0 Å². The molecular weight excluding hydrogens is 599 g/mol. The van der Waals surface area contributed by atoms with Crippen molar-refractivity contribution in [1.29, 1.82) is 0 Å². The largest absolute Gasteiger partial charge is 0.460 e. The van der Waals surface area contributed by atoms with E-state index >= 15 is 0 Å². The van der Waals surface area contributed by atoms with Gasteiger partial charge in [-0.05, 0) is 24.6 Å². The summed E-state index contributed by atoms with van der Waals surface area (Å²) in [6, 6.07) is 2.53. The monoisotopic (exact) mass is 612 g/mol. The zero-order valence-electron chi connectivity index (χ0n) is 18.7. The van der Waals surface area contributed by atoms with Crippen molar-refractivity contribution in [2.24, 2.45) is 0 Å². The highest BCUT2D eigenvalue weighted by molar-refractivity contribution is 5.69. The van der Waals surface area contributed by atoms with Gasteiger partial charge in [-0.3, -0.25) is 4.79 Å². The van der Waals surface area contributed by atoms with Crippen LogP contribution in [0.2, 0.25) is 0 Å². The summed E-state index contributed by atoms with van der Waals surface area (Å²) in [4.78, 5) is 10.8. The highest BCUT2D eigenvalue weighted by Gasteiger charge is 2.95. The summed E-state index contributed by atoms with van der Waals surface area (Å²) in [5.74, 6) is -58.7. The quantitative estimate of drug-likeness (QED) is 0.173. The Kier molecular flexibility index (Phi) is 8.43. The fraction of sp³-hybridized carbons (Fsp3) is 0.632. The number of alkyl halides is 17. The lowest BCUT2D eigenvalue weighted by Gasteiger charge is -2.43. The van der Waals surface area contributed by atoms with Gasteiger partial charge in [0.05, 0.1) is 12.0 Å². The maximum absolute atomic E-state index is 14.2. The lowest BCUT2D eigenvalue weighted by Crippen LogP contribution is -2.74. The molecule has 0 aromatic heterocycles. The summed E-state index contributed by atoms with van der Waals surface area (Å²) in [6.07, 6.45) is -10.9. The van der Waals surface area contributed by atoms with Crippen LogP contribution < -0.4 is 4.74 Å². The fourth-order valence-corrected chi connectivity index (χ4v) is 2.89. The molecule has 1 aromatic carbocycles. The van der Waals surface area contributed by atoms with E-state index in [1.54, 1.807) is 0 Å². The number of carbonyl (C=O) groups excluding carboxylic acids is 1. The summed E-state index contributed by atoms with van der Waals surface area (Å²) < 4.78 is 232. The van der Waals surface area contributed by atoms with E-state index in [9.17, 15) is 84.5 Å². The van der Waals surface area contributed by atoms with Crippen LogP contribution in [-0.2, 0) is 10.4 Å². The number of hydrogen-bond donors (Lipinski definition) is 1. The first-order valence-corrected chi connectivity index (χ1v) is 9.58. The Hall–Kier alpha value is -2.54. The highest BCUT2D eigenvalue weighted by Crippen LogP contribution is 2.64. The number of hydrogen-bond acceptors (Lipinski definition) is 3. The third kappa shape index (κ3) is 5.31. The molecule has 0 amide bonds. The van der Waals surface area contributed by atoms with E-state index in [0.29, 0.717) is 24.3 Å². The molecule has 1 rings (SSSR count). The van der Waals surface area contributed by atoms with Crippen molar-refractivity contribution in [2.45, 2.75) is 73.5 Å². The van der Waals surface area contributed by atoms with Gasteiger partial charge in [0, 0.05) is 6.92 Å². The summed E-state index contributed by atoms with van der Waals surface area (Å²) in [7, 11) is 0. The maximum atomic E-state index is 14.2. The average molecular weight is 612 g/mol. The molecular formula is C19H13F17O3. The predicted molar refractivity (Wildman–Crippen MR) is 92.6 cm³/mol. The average Bonchev–Trinajstić information content (AvgIpc) is 2.71. The van der Waals surface area contributed by atoms with Crippen LogP contribution in [0.15, 0.2) is 24.3 Å². The molecule has 0 fully saturated rings. The molecule has 3 nitrogen and oxygen atoms in total. The highest BCUT2D eigenvalue weighted by atomic mass is 19.4. The number of rotatable bonds is 10. The molecule has 0 saturated carbocycles. The number of benzene rings is 1. The molecule has 1 unspecified atom stereocenters. The molecule has 0 aliphatic heterocycles. The molecule has 0 heterocycles. The van der Waals surface area contributed by atoms with Crippen LogP contribution in [0.5, 0.6) is 5.75 Å². The fourth-order valence-electron chi connectivity index (χ4n) is 2.89. The Morgan fingerprint density at radius 2 is 0.974 bits per heavy atom. The molecule has 226 valence electrons. The molecule has 0 spiro atoms. The van der Waals surface area contributed by atoms with Gasteiger partial charge in [-0.2, -0.15) is 74.6 Å². The Labute approximate surface area is 205 Å². The predicted octanol–water partition coefficient (Wildman–Crippen LogP) is 7.22. The van der Waals surface area contributed by atoms with E-state index < -0.39 is 71.2 Å². The number of esters is 1. The first-order chi connectivity index (χ1) is 16.8. The second-order valence-electron chi connectivity index (χ2n) is 8.22. The second kappa shape index (κ2) is 9.53. The molecule has 1 aromatic rings. The van der Waals surface area contributed by atoms with Crippen molar-refractivity contribution < 1.29 is 89.3 Å². The van der Waals surface area contributed by atoms with Gasteiger partial charge in [0.25, 0.3) is 0 Å². The first kappa shape index (κ1) is 34.5. The number of halogens is 17. The molecule has 0 saturated heterocycles. The van der Waals surface area contributed by atoms with E-state index in [0.717, 1.165) is 6.92 Å². The molecule has 1 atom stereocenters. The van der Waals surface area contributed by atoms with Crippen molar-refractivity contribution >= 4 is 5.97 Å². The lowest BCUT2D eigenvalue weighted by atomic mass is 9.83. The summed E-state index contributed by atoms with van der Waals surface area (Å²) in [5, 5.41) is 10.1. The van der Waals surface area contributed by atoms with Crippen LogP contribution >= 0.6 is 0 Å². The lowest BCUT2D eigenvalue weighted by molar-refractivity contribution is -0.462. The van der Waals surface area contributed by atoms with Crippen LogP contribution in [0.25, 0.3) is 0 Å². The minimum absolute atomic E-state index is 0.167. The van der Waals surface area contributed by atoms with Gasteiger partial charge < -0.3 is 9.84 Å². The smallest absolute Gasteiger partial charge is 0.427 e. The molecule has 39 heavy (non-hydrogen) atoms. The molecule has 0 radical (unpaired) electrons. The van der Waals surface area contributed by atoms with Gasteiger partial charge in [-0.1, -0.05) is 12.1 Å². The van der Waals surface area contributed by atoms with Gasteiger partial charge in [0.1, 0.15) is 5.75 Å². The zero-order valence-corrected chi connectivity index (χ0v) is 18.7. The van der Waals surface area contributed by atoms with Crippen LogP contribution in [-0.4, -0.2) is 58.7 Å². The molecule has 1 N–H and O–H groups in total. The van der Waals surface area contributed by atoms with E-state index in [1.165, 1.54) is 0 Å². The molecule has 0 aliphatic rings. The van der Waals surface area contributed by atoms with Crippen molar-refractivity contribution in [3.8, 4) is 5.75 Å². The van der Waals surface area contributed by atoms with Crippen LogP contribution in [0.1, 0.15) is 25.8 Å². The van der Waals surface area contributed by atoms with Crippen LogP contribution in [0, 0.1) is 0 Å². The van der Waals surface area contributed by atoms with E-state index in [2.05, 4.69) is 4.74 Å². The molecule has 20 heteroatoms. The van der Waals surface area contributed by atoms with Crippen LogP contribution in [0.3, 0.4) is 0 Å². The number of carbonyl (C=O) groups is 1. The Morgan fingerprint density at radius 3 is 1.31 bits per heavy atom. The maximum Gasteiger partial charge on any atom is 0.460 e. The van der Waals surface area contributed by atoms with Gasteiger partial charge in [0.2, 0.25) is 0 Å². The van der Waals surface area contributed by atoms with Crippen molar-refractivity contribution in [1.82, 2.24) is 0 Å². The minimum atomic E-state index is -8.73. The van der Waals surface area contributed by atoms with Gasteiger partial charge in [0.15, 0.2) is 0 Å². The summed E-state index contributed by atoms with van der Waals surface area (Å²) >= 11 is 0. The number of ether oxygens (including phenoxy) is 1. The summed E-state index contributed by atoms with van der Waals surface area (Å²) in [6.45, 7) is 1.05. The first-order valence-electron chi connectivity index (χ1n) is 9.58. The van der Waals surface area contributed by atoms with Gasteiger partial charge in [-0.15, -0.1) is 0 Å². The Morgan fingerprint density at radius 1 is 0.641 bits per heavy atom. The van der Waals surface area contributed by atoms with Crippen molar-refractivity contribution in [2.75, 3.05) is 0 Å². The SMILES string of the molecule is CC(=O)Oc1ccc(C(C)(O)CC(F)(F)C(F)(F)C(F)(F)C(F)(F)C(F)(F)C(F)(F)C(F)(F)C(F)(F)F)cc1. The van der Waals surface area contributed by atoms with Crippen molar-refractivity contribution in [3.05, 3.63) is 29.8 Å². The summed E-state index contributed by atoms with van der Waals surface area (Å²) in [5.41, 5.74) is -4.37. The third-order valence-corrected chi connectivity index (χ3v) is 5.09. The topological polar surface area (TPSA) is 46.5 Å². The molecule has 0 aliphatic carbocycles. The molecule has 0 bridgehead atoms. The van der Waals surface area contributed by atoms with Crippen LogP contribution in [0.4, 0.5) is 74.6 Å². The Balaban J connectivity index is 3.54. The standard InChI is InChI=1S/C19H13F17O3/c1-8(37)39-10-5-3-9(4-6-10)11(2,38)7-12(20,21)13(22,23)14(24,25)15(26,27)16(28,29)17(30,31)18(32,33)19(34,35)36/h3-6,38H,7H2,1-2H3. The van der Waals surface area contributed by atoms with Crippen molar-refractivity contribution in [3.63, 3.8) is 0 Å². The van der Waals surface area contributed by atoms with E-state index in [1.807, 2.05) is 0 Å². The normalized spacial score (nSPS) is 16.6. The number of aliphatic hydroxyl groups is 1. The zero-order chi connectivity index (χ0) is 31.5.